The third-order valence-corrected chi connectivity index (χ3v) is 6.26. The van der Waals surface area contributed by atoms with Gasteiger partial charge >= 0.3 is 0 Å². The molecule has 0 aromatic rings. The van der Waals surface area contributed by atoms with Gasteiger partial charge in [-0.3, -0.25) is 4.79 Å². The SMILES string of the molecule is C[C@@H]1CN(CC2CC2)CC[C@@]12CCC(C(=O)NCC1CC1)O2. The fraction of sp³-hybridized carbons (Fsp3) is 0.944. The van der Waals surface area contributed by atoms with Crippen LogP contribution in [0.1, 0.15) is 51.9 Å². The molecule has 4 heteroatoms. The van der Waals surface area contributed by atoms with Gasteiger partial charge in [-0.15, -0.1) is 0 Å². The van der Waals surface area contributed by atoms with Crippen LogP contribution in [0.2, 0.25) is 0 Å². The lowest BCUT2D eigenvalue weighted by atomic mass is 9.80. The van der Waals surface area contributed by atoms with Gasteiger partial charge in [0.1, 0.15) is 6.10 Å². The van der Waals surface area contributed by atoms with Crippen molar-refractivity contribution in [2.45, 2.75) is 63.6 Å². The van der Waals surface area contributed by atoms with Crippen molar-refractivity contribution in [2.75, 3.05) is 26.2 Å². The summed E-state index contributed by atoms with van der Waals surface area (Å²) in [5.41, 5.74) is -0.0262. The highest BCUT2D eigenvalue weighted by Gasteiger charge is 2.49. The zero-order valence-corrected chi connectivity index (χ0v) is 13.9. The zero-order chi connectivity index (χ0) is 15.2. The standard InChI is InChI=1S/C18H30N2O2/c1-13-11-20(12-15-4-5-15)9-8-18(13)7-6-16(22-18)17(21)19-10-14-2-3-14/h13-16H,2-12H2,1H3,(H,19,21)/t13-,16?,18+/m1/s1. The highest BCUT2D eigenvalue weighted by molar-refractivity contribution is 5.81. The molecule has 0 bridgehead atoms. The summed E-state index contributed by atoms with van der Waals surface area (Å²) in [6.45, 7) is 6.76. The minimum absolute atomic E-state index is 0.0262. The van der Waals surface area contributed by atoms with Gasteiger partial charge in [0.05, 0.1) is 5.60 Å². The number of likely N-dealkylation sites (tertiary alicyclic amines) is 1. The van der Waals surface area contributed by atoms with Crippen molar-refractivity contribution in [1.29, 1.82) is 0 Å². The van der Waals surface area contributed by atoms with E-state index in [-0.39, 0.29) is 17.6 Å². The van der Waals surface area contributed by atoms with Gasteiger partial charge in [-0.1, -0.05) is 6.92 Å². The number of hydrogen-bond acceptors (Lipinski definition) is 3. The number of carbonyl (C=O) groups excluding carboxylic acids is 1. The summed E-state index contributed by atoms with van der Waals surface area (Å²) in [5, 5.41) is 3.09. The van der Waals surface area contributed by atoms with Crippen molar-refractivity contribution >= 4 is 5.91 Å². The summed E-state index contributed by atoms with van der Waals surface area (Å²) in [7, 11) is 0. The smallest absolute Gasteiger partial charge is 0.249 e. The Morgan fingerprint density at radius 3 is 2.64 bits per heavy atom. The Kier molecular flexibility index (Phi) is 3.93. The zero-order valence-electron chi connectivity index (χ0n) is 13.9. The highest BCUT2D eigenvalue weighted by atomic mass is 16.5. The highest BCUT2D eigenvalue weighted by Crippen LogP contribution is 2.43. The predicted octanol–water partition coefficient (Wildman–Crippen LogP) is 2.18. The lowest BCUT2D eigenvalue weighted by Crippen LogP contribution is -2.52. The molecule has 3 atom stereocenters. The number of ether oxygens (including phenoxy) is 1. The number of nitrogens with zero attached hydrogens (tertiary/aromatic N) is 1. The molecule has 2 aliphatic heterocycles. The first kappa shape index (κ1) is 14.9. The maximum absolute atomic E-state index is 12.3. The van der Waals surface area contributed by atoms with Crippen LogP contribution in [-0.2, 0) is 9.53 Å². The predicted molar refractivity (Wildman–Crippen MR) is 85.5 cm³/mol. The molecule has 2 aliphatic carbocycles. The fourth-order valence-corrected chi connectivity index (χ4v) is 4.26. The molecule has 2 saturated carbocycles. The van der Waals surface area contributed by atoms with Gasteiger partial charge in [0.25, 0.3) is 0 Å². The van der Waals surface area contributed by atoms with Gasteiger partial charge in [-0.2, -0.15) is 0 Å². The number of nitrogens with one attached hydrogen (secondary N) is 1. The molecule has 0 aromatic heterocycles. The first-order valence-corrected chi connectivity index (χ1v) is 9.32. The largest absolute Gasteiger partial charge is 0.362 e. The second-order valence-electron chi connectivity index (χ2n) is 8.25. The fourth-order valence-electron chi connectivity index (χ4n) is 4.26. The molecule has 1 unspecified atom stereocenters. The molecule has 124 valence electrons. The lowest BCUT2D eigenvalue weighted by Gasteiger charge is -2.44. The Balaban J connectivity index is 1.29. The monoisotopic (exact) mass is 306 g/mol. The van der Waals surface area contributed by atoms with Crippen molar-refractivity contribution in [2.24, 2.45) is 17.8 Å². The Hall–Kier alpha value is -0.610. The Morgan fingerprint density at radius 1 is 1.18 bits per heavy atom. The molecule has 0 radical (unpaired) electrons. The van der Waals surface area contributed by atoms with Crippen LogP contribution in [0.3, 0.4) is 0 Å². The first-order valence-electron chi connectivity index (χ1n) is 9.32. The van der Waals surface area contributed by atoms with Crippen LogP contribution in [0, 0.1) is 17.8 Å². The van der Waals surface area contributed by atoms with E-state index in [1.54, 1.807) is 0 Å². The van der Waals surface area contributed by atoms with Crippen molar-refractivity contribution in [3.05, 3.63) is 0 Å². The molecule has 2 saturated heterocycles. The summed E-state index contributed by atoms with van der Waals surface area (Å²) in [6.07, 6.45) is 8.29. The van der Waals surface area contributed by atoms with E-state index < -0.39 is 0 Å². The molecule has 2 heterocycles. The van der Waals surface area contributed by atoms with Crippen LogP contribution in [-0.4, -0.2) is 48.7 Å². The normalized spacial score (nSPS) is 39.3. The molecule has 1 amide bonds. The Morgan fingerprint density at radius 2 is 1.95 bits per heavy atom. The second kappa shape index (κ2) is 5.79. The van der Waals surface area contributed by atoms with E-state index >= 15 is 0 Å². The van der Waals surface area contributed by atoms with E-state index in [2.05, 4.69) is 17.1 Å². The number of carbonyl (C=O) groups is 1. The van der Waals surface area contributed by atoms with E-state index in [9.17, 15) is 4.79 Å². The van der Waals surface area contributed by atoms with Crippen LogP contribution in [0.15, 0.2) is 0 Å². The summed E-state index contributed by atoms with van der Waals surface area (Å²) >= 11 is 0. The summed E-state index contributed by atoms with van der Waals surface area (Å²) in [4.78, 5) is 14.9. The molecule has 1 N–H and O–H groups in total. The summed E-state index contributed by atoms with van der Waals surface area (Å²) in [6, 6.07) is 0. The Bertz CT molecular complexity index is 433. The van der Waals surface area contributed by atoms with Crippen molar-refractivity contribution in [1.82, 2.24) is 10.2 Å². The number of hydrogen-bond donors (Lipinski definition) is 1. The second-order valence-corrected chi connectivity index (χ2v) is 8.25. The Labute approximate surface area is 134 Å². The minimum atomic E-state index is -0.198. The van der Waals surface area contributed by atoms with Gasteiger partial charge in [-0.25, -0.2) is 0 Å². The molecule has 22 heavy (non-hydrogen) atoms. The third kappa shape index (κ3) is 3.18. The van der Waals surface area contributed by atoms with Gasteiger partial charge in [0.15, 0.2) is 0 Å². The molecular weight excluding hydrogens is 276 g/mol. The van der Waals surface area contributed by atoms with Crippen LogP contribution >= 0.6 is 0 Å². The van der Waals surface area contributed by atoms with Gasteiger partial charge < -0.3 is 15.0 Å². The van der Waals surface area contributed by atoms with Crippen molar-refractivity contribution in [3.63, 3.8) is 0 Å². The maximum atomic E-state index is 12.3. The average molecular weight is 306 g/mol. The van der Waals surface area contributed by atoms with Crippen LogP contribution in [0.4, 0.5) is 0 Å². The number of rotatable bonds is 5. The summed E-state index contributed by atoms with van der Waals surface area (Å²) < 4.78 is 6.35. The topological polar surface area (TPSA) is 41.6 Å². The number of amides is 1. The molecule has 4 nitrogen and oxygen atoms in total. The van der Waals surface area contributed by atoms with Crippen LogP contribution in [0.25, 0.3) is 0 Å². The van der Waals surface area contributed by atoms with Crippen molar-refractivity contribution in [3.8, 4) is 0 Å². The first-order chi connectivity index (χ1) is 10.6. The molecule has 1 spiro atoms. The average Bonchev–Trinajstić information content (AvgIpc) is 3.42. The molecular formula is C18H30N2O2. The van der Waals surface area contributed by atoms with Gasteiger partial charge in [-0.05, 0) is 62.7 Å². The van der Waals surface area contributed by atoms with Crippen LogP contribution in [0.5, 0.6) is 0 Å². The van der Waals surface area contributed by atoms with E-state index in [1.807, 2.05) is 0 Å². The quantitative estimate of drug-likeness (QED) is 0.846. The van der Waals surface area contributed by atoms with E-state index in [0.29, 0.717) is 5.92 Å². The van der Waals surface area contributed by atoms with E-state index in [4.69, 9.17) is 4.74 Å². The summed E-state index contributed by atoms with van der Waals surface area (Å²) in [5.74, 6) is 2.38. The van der Waals surface area contributed by atoms with E-state index in [0.717, 1.165) is 50.7 Å². The molecule has 4 aliphatic rings. The van der Waals surface area contributed by atoms with Gasteiger partial charge in [0.2, 0.25) is 5.91 Å². The molecule has 4 rings (SSSR count). The third-order valence-electron chi connectivity index (χ3n) is 6.26. The molecule has 4 fully saturated rings. The van der Waals surface area contributed by atoms with E-state index in [1.165, 1.54) is 32.2 Å². The lowest BCUT2D eigenvalue weighted by molar-refractivity contribution is -0.147. The van der Waals surface area contributed by atoms with Gasteiger partial charge in [0, 0.05) is 26.2 Å². The van der Waals surface area contributed by atoms with Crippen LogP contribution < -0.4 is 5.32 Å². The number of piperidine rings is 1. The minimum Gasteiger partial charge on any atom is -0.362 e. The van der Waals surface area contributed by atoms with Crippen molar-refractivity contribution < 1.29 is 9.53 Å². The molecule has 0 aromatic carbocycles. The maximum Gasteiger partial charge on any atom is 0.249 e.